The van der Waals surface area contributed by atoms with Gasteiger partial charge in [0.2, 0.25) is 0 Å². The lowest BCUT2D eigenvalue weighted by Crippen LogP contribution is -2.45. The number of carbonyl (C=O) groups is 3. The molecule has 2 aliphatic heterocycles. The Morgan fingerprint density at radius 2 is 1.83 bits per heavy atom. The second kappa shape index (κ2) is 9.20. The number of hydrogen-bond donors (Lipinski definition) is 2. The third-order valence-corrected chi connectivity index (χ3v) is 5.33. The molecule has 2 aromatic carbocycles. The molecule has 1 fully saturated rings. The maximum Gasteiger partial charge on any atom is 0.261 e. The van der Waals surface area contributed by atoms with Crippen LogP contribution in [0.5, 0.6) is 0 Å². The van der Waals surface area contributed by atoms with E-state index in [1.807, 2.05) is 30.3 Å². The lowest BCUT2D eigenvalue weighted by atomic mass is 10.0. The number of piperidine rings is 1. The molecule has 1 atom stereocenters. The van der Waals surface area contributed by atoms with Gasteiger partial charge < -0.3 is 10.6 Å². The van der Waals surface area contributed by atoms with Crippen molar-refractivity contribution in [3.8, 4) is 0 Å². The van der Waals surface area contributed by atoms with Gasteiger partial charge in [0.25, 0.3) is 17.7 Å². The molecule has 0 bridgehead atoms. The van der Waals surface area contributed by atoms with Crippen LogP contribution in [-0.4, -0.2) is 48.3 Å². The van der Waals surface area contributed by atoms with E-state index in [4.69, 9.17) is 0 Å². The Balaban J connectivity index is 0.00000240. The van der Waals surface area contributed by atoms with E-state index in [1.54, 1.807) is 18.2 Å². The van der Waals surface area contributed by atoms with Crippen LogP contribution in [0.2, 0.25) is 0 Å². The molecule has 0 spiro atoms. The van der Waals surface area contributed by atoms with Gasteiger partial charge in [-0.2, -0.15) is 0 Å². The highest BCUT2D eigenvalue weighted by Crippen LogP contribution is 2.24. The molecule has 0 aliphatic carbocycles. The van der Waals surface area contributed by atoms with Gasteiger partial charge in [-0.15, -0.1) is 12.4 Å². The Kier molecular flexibility index (Phi) is 6.67. The summed E-state index contributed by atoms with van der Waals surface area (Å²) < 4.78 is 0. The van der Waals surface area contributed by atoms with E-state index in [1.165, 1.54) is 4.90 Å². The molecule has 2 N–H and O–H groups in total. The lowest BCUT2D eigenvalue weighted by Gasteiger charge is -2.23. The first-order chi connectivity index (χ1) is 13.6. The van der Waals surface area contributed by atoms with Gasteiger partial charge in [0.05, 0.1) is 11.1 Å². The van der Waals surface area contributed by atoms with E-state index in [9.17, 15) is 14.4 Å². The molecule has 1 saturated heterocycles. The zero-order chi connectivity index (χ0) is 19.5. The Hall–Kier alpha value is -2.70. The first-order valence-corrected chi connectivity index (χ1v) is 9.69. The molecule has 3 amide bonds. The number of nitrogens with zero attached hydrogens (tertiary/aromatic N) is 1. The normalized spacial score (nSPS) is 18.2. The summed E-state index contributed by atoms with van der Waals surface area (Å²) in [5.74, 6) is -0.830. The SMILES string of the molecule is Cl.O=C(NC1CCCNC1)c1ccc2c(c1)C(=O)N(CCc1ccccc1)C2=O. The molecule has 2 aliphatic rings. The molecule has 1 unspecified atom stereocenters. The zero-order valence-electron chi connectivity index (χ0n) is 16.0. The van der Waals surface area contributed by atoms with Crippen LogP contribution in [0, 0.1) is 0 Å². The smallest absolute Gasteiger partial charge is 0.261 e. The maximum absolute atomic E-state index is 12.8. The topological polar surface area (TPSA) is 78.5 Å². The standard InChI is InChI=1S/C22H23N3O3.ClH/c26-20(24-17-7-4-11-23-14-17)16-8-9-18-19(13-16)22(28)25(21(18)27)12-10-15-5-2-1-3-6-15;/h1-3,5-6,8-9,13,17,23H,4,7,10-12,14H2,(H,24,26);1H. The van der Waals surface area contributed by atoms with E-state index in [-0.39, 0.29) is 36.2 Å². The summed E-state index contributed by atoms with van der Waals surface area (Å²) in [5.41, 5.74) is 2.16. The van der Waals surface area contributed by atoms with Crippen LogP contribution >= 0.6 is 12.4 Å². The molecule has 7 heteroatoms. The van der Waals surface area contributed by atoms with Gasteiger partial charge >= 0.3 is 0 Å². The van der Waals surface area contributed by atoms with Crippen molar-refractivity contribution in [3.63, 3.8) is 0 Å². The minimum atomic E-state index is -0.329. The van der Waals surface area contributed by atoms with Crippen molar-refractivity contribution < 1.29 is 14.4 Å². The van der Waals surface area contributed by atoms with E-state index in [0.717, 1.165) is 31.5 Å². The molecule has 2 aromatic rings. The molecule has 2 heterocycles. The van der Waals surface area contributed by atoms with Crippen LogP contribution in [0.4, 0.5) is 0 Å². The molecule has 4 rings (SSSR count). The van der Waals surface area contributed by atoms with E-state index >= 15 is 0 Å². The Morgan fingerprint density at radius 1 is 1.07 bits per heavy atom. The predicted molar refractivity (Wildman–Crippen MR) is 113 cm³/mol. The lowest BCUT2D eigenvalue weighted by molar-refractivity contribution is 0.0656. The summed E-state index contributed by atoms with van der Waals surface area (Å²) in [6.45, 7) is 2.05. The quantitative estimate of drug-likeness (QED) is 0.738. The number of imide groups is 1. The Labute approximate surface area is 176 Å². The fraction of sp³-hybridized carbons (Fsp3) is 0.318. The minimum Gasteiger partial charge on any atom is -0.348 e. The van der Waals surface area contributed by atoms with E-state index < -0.39 is 0 Å². The number of halogens is 1. The van der Waals surface area contributed by atoms with Crippen molar-refractivity contribution in [2.75, 3.05) is 19.6 Å². The monoisotopic (exact) mass is 413 g/mol. The van der Waals surface area contributed by atoms with Crippen LogP contribution in [0.25, 0.3) is 0 Å². The molecular formula is C22H24ClN3O3. The van der Waals surface area contributed by atoms with Gasteiger partial charge in [-0.05, 0) is 49.6 Å². The third kappa shape index (κ3) is 4.49. The van der Waals surface area contributed by atoms with E-state index in [2.05, 4.69) is 10.6 Å². The molecule has 0 saturated carbocycles. The predicted octanol–water partition coefficient (Wildman–Crippen LogP) is 2.43. The zero-order valence-corrected chi connectivity index (χ0v) is 16.8. The van der Waals surface area contributed by atoms with Crippen molar-refractivity contribution >= 4 is 30.1 Å². The molecule has 6 nitrogen and oxygen atoms in total. The van der Waals surface area contributed by atoms with Crippen molar-refractivity contribution in [2.45, 2.75) is 25.3 Å². The first-order valence-electron chi connectivity index (χ1n) is 9.69. The van der Waals surface area contributed by atoms with Crippen molar-refractivity contribution in [1.29, 1.82) is 0 Å². The molecule has 0 aromatic heterocycles. The van der Waals surface area contributed by atoms with Crippen molar-refractivity contribution in [2.24, 2.45) is 0 Å². The number of nitrogens with one attached hydrogen (secondary N) is 2. The Bertz CT molecular complexity index is 911. The maximum atomic E-state index is 12.8. The van der Waals surface area contributed by atoms with E-state index in [0.29, 0.717) is 29.7 Å². The largest absolute Gasteiger partial charge is 0.348 e. The van der Waals surface area contributed by atoms with Crippen LogP contribution in [0.1, 0.15) is 49.5 Å². The van der Waals surface area contributed by atoms with Crippen LogP contribution < -0.4 is 10.6 Å². The van der Waals surface area contributed by atoms with Gasteiger partial charge in [-0.1, -0.05) is 30.3 Å². The highest BCUT2D eigenvalue weighted by atomic mass is 35.5. The number of benzene rings is 2. The molecule has 29 heavy (non-hydrogen) atoms. The number of rotatable bonds is 5. The highest BCUT2D eigenvalue weighted by Gasteiger charge is 2.35. The third-order valence-electron chi connectivity index (χ3n) is 5.33. The van der Waals surface area contributed by atoms with Crippen molar-refractivity contribution in [3.05, 3.63) is 70.8 Å². The van der Waals surface area contributed by atoms with Crippen LogP contribution in [0.15, 0.2) is 48.5 Å². The minimum absolute atomic E-state index is 0. The van der Waals surface area contributed by atoms with Gasteiger partial charge in [0.15, 0.2) is 0 Å². The average molecular weight is 414 g/mol. The summed E-state index contributed by atoms with van der Waals surface area (Å²) in [6, 6.07) is 14.6. The van der Waals surface area contributed by atoms with Gasteiger partial charge in [0, 0.05) is 24.7 Å². The number of amides is 3. The second-order valence-electron chi connectivity index (χ2n) is 7.27. The summed E-state index contributed by atoms with van der Waals surface area (Å²) in [7, 11) is 0. The second-order valence-corrected chi connectivity index (χ2v) is 7.27. The number of hydrogen-bond acceptors (Lipinski definition) is 4. The van der Waals surface area contributed by atoms with Crippen LogP contribution in [0.3, 0.4) is 0 Å². The van der Waals surface area contributed by atoms with Crippen LogP contribution in [-0.2, 0) is 6.42 Å². The molecule has 152 valence electrons. The van der Waals surface area contributed by atoms with Gasteiger partial charge in [0.1, 0.15) is 0 Å². The summed E-state index contributed by atoms with van der Waals surface area (Å²) in [6.07, 6.45) is 2.57. The number of carbonyl (C=O) groups excluding carboxylic acids is 3. The van der Waals surface area contributed by atoms with Gasteiger partial charge in [-0.3, -0.25) is 19.3 Å². The number of fused-ring (bicyclic) bond motifs is 1. The molecular weight excluding hydrogens is 390 g/mol. The fourth-order valence-corrected chi connectivity index (χ4v) is 3.76. The summed E-state index contributed by atoms with van der Waals surface area (Å²) in [5, 5.41) is 6.26. The van der Waals surface area contributed by atoms with Crippen molar-refractivity contribution in [1.82, 2.24) is 15.5 Å². The average Bonchev–Trinajstić information content (AvgIpc) is 2.97. The summed E-state index contributed by atoms with van der Waals surface area (Å²) >= 11 is 0. The summed E-state index contributed by atoms with van der Waals surface area (Å²) in [4.78, 5) is 39.2. The fourth-order valence-electron chi connectivity index (χ4n) is 3.76. The first kappa shape index (κ1) is 21.0. The Morgan fingerprint density at radius 3 is 2.55 bits per heavy atom. The van der Waals surface area contributed by atoms with Gasteiger partial charge in [-0.25, -0.2) is 0 Å². The highest BCUT2D eigenvalue weighted by molar-refractivity contribution is 6.22. The molecule has 0 radical (unpaired) electrons.